The molecule has 0 fully saturated rings. The van der Waals surface area contributed by atoms with Crippen LogP contribution in [0.15, 0.2) is 0 Å². The van der Waals surface area contributed by atoms with Crippen molar-refractivity contribution in [2.24, 2.45) is 23.7 Å². The molecule has 5 atom stereocenters. The Kier molecular flexibility index (Phi) is 63.1. The van der Waals surface area contributed by atoms with Crippen molar-refractivity contribution in [3.8, 4) is 0 Å². The van der Waals surface area contributed by atoms with Crippen LogP contribution in [0, 0.1) is 23.7 Å². The Morgan fingerprint density at radius 1 is 0.266 bits per heavy atom. The second kappa shape index (κ2) is 64.4. The molecule has 94 heavy (non-hydrogen) atoms. The summed E-state index contributed by atoms with van der Waals surface area (Å²) in [6, 6.07) is 0. The highest BCUT2D eigenvalue weighted by Crippen LogP contribution is 2.45. The monoisotopic (exact) mass is 1380 g/mol. The Morgan fingerprint density at radius 2 is 0.447 bits per heavy atom. The molecule has 19 heteroatoms. The van der Waals surface area contributed by atoms with Crippen LogP contribution in [-0.2, 0) is 65.4 Å². The minimum atomic E-state index is -4.96. The van der Waals surface area contributed by atoms with Crippen LogP contribution in [0.5, 0.6) is 0 Å². The third kappa shape index (κ3) is 68.6. The Labute approximate surface area is 575 Å². The molecule has 0 saturated carbocycles. The number of phosphoric ester groups is 2. The van der Waals surface area contributed by atoms with Crippen molar-refractivity contribution in [3.63, 3.8) is 0 Å². The van der Waals surface area contributed by atoms with Crippen LogP contribution in [0.1, 0.15) is 376 Å². The SMILES string of the molecule is CC(C)CCCCCCCCCCCCCCCCCCCCC(=O)OC[C@H](COP(=O)(O)OCC(O)COP(=O)(O)OC[C@@H](COC(=O)CCCCCCCCCCC(C)C)OC(=O)CCCCCCCCCC(C)C)OC(=O)CCCCCCCCCCCC(C)C. The van der Waals surface area contributed by atoms with Gasteiger partial charge in [0.25, 0.3) is 0 Å². The van der Waals surface area contributed by atoms with Gasteiger partial charge in [-0.3, -0.25) is 37.3 Å². The maximum Gasteiger partial charge on any atom is 0.472 e. The van der Waals surface area contributed by atoms with Gasteiger partial charge in [0.1, 0.15) is 19.3 Å². The summed E-state index contributed by atoms with van der Waals surface area (Å²) in [5.41, 5.74) is 0. The van der Waals surface area contributed by atoms with E-state index in [2.05, 4.69) is 55.4 Å². The molecule has 558 valence electrons. The number of hydrogen-bond acceptors (Lipinski definition) is 15. The lowest BCUT2D eigenvalue weighted by molar-refractivity contribution is -0.161. The van der Waals surface area contributed by atoms with Gasteiger partial charge in [0, 0.05) is 25.7 Å². The number of hydrogen-bond donors (Lipinski definition) is 3. The lowest BCUT2D eigenvalue weighted by Crippen LogP contribution is -2.30. The van der Waals surface area contributed by atoms with E-state index in [1.807, 2.05) is 0 Å². The predicted molar refractivity (Wildman–Crippen MR) is 381 cm³/mol. The molecular formula is C75H146O17P2. The molecule has 0 aliphatic carbocycles. The first-order valence-corrected chi connectivity index (χ1v) is 41.7. The second-order valence-corrected chi connectivity index (χ2v) is 31.9. The maximum atomic E-state index is 13.1. The summed E-state index contributed by atoms with van der Waals surface area (Å²) >= 11 is 0. The van der Waals surface area contributed by atoms with Crippen LogP contribution in [0.3, 0.4) is 0 Å². The summed E-state index contributed by atoms with van der Waals surface area (Å²) in [5.74, 6) is 0.855. The average Bonchev–Trinajstić information content (AvgIpc) is 1.22. The summed E-state index contributed by atoms with van der Waals surface area (Å²) in [7, 11) is -9.91. The molecule has 0 aliphatic rings. The maximum absolute atomic E-state index is 13.1. The van der Waals surface area contributed by atoms with Crippen molar-refractivity contribution in [1.82, 2.24) is 0 Å². The molecule has 17 nitrogen and oxygen atoms in total. The summed E-state index contributed by atoms with van der Waals surface area (Å²) < 4.78 is 68.4. The molecule has 0 amide bonds. The molecular weight excluding hydrogens is 1230 g/mol. The van der Waals surface area contributed by atoms with E-state index >= 15 is 0 Å². The summed E-state index contributed by atoms with van der Waals surface area (Å²) in [5, 5.41) is 10.6. The smallest absolute Gasteiger partial charge is 0.462 e. The van der Waals surface area contributed by atoms with Crippen LogP contribution < -0.4 is 0 Å². The molecule has 0 aromatic rings. The minimum absolute atomic E-state index is 0.103. The average molecular weight is 1380 g/mol. The third-order valence-electron chi connectivity index (χ3n) is 17.3. The molecule has 0 spiro atoms. The van der Waals surface area contributed by atoms with Crippen molar-refractivity contribution >= 4 is 39.5 Å². The van der Waals surface area contributed by atoms with E-state index < -0.39 is 97.5 Å². The lowest BCUT2D eigenvalue weighted by atomic mass is 10.0. The Morgan fingerprint density at radius 3 is 0.660 bits per heavy atom. The zero-order chi connectivity index (χ0) is 69.6. The quantitative estimate of drug-likeness (QED) is 0.0222. The zero-order valence-corrected chi connectivity index (χ0v) is 63.4. The first-order chi connectivity index (χ1) is 45.1. The number of unbranched alkanes of at least 4 members (excludes halogenated alkanes) is 38. The van der Waals surface area contributed by atoms with Crippen molar-refractivity contribution in [3.05, 3.63) is 0 Å². The van der Waals surface area contributed by atoms with Gasteiger partial charge >= 0.3 is 39.5 Å². The van der Waals surface area contributed by atoms with Gasteiger partial charge in [0.15, 0.2) is 12.2 Å². The van der Waals surface area contributed by atoms with Crippen molar-refractivity contribution in [2.75, 3.05) is 39.6 Å². The fourth-order valence-electron chi connectivity index (χ4n) is 11.4. The van der Waals surface area contributed by atoms with Crippen LogP contribution in [0.25, 0.3) is 0 Å². The molecule has 0 bridgehead atoms. The number of aliphatic hydroxyl groups is 1. The van der Waals surface area contributed by atoms with E-state index in [0.29, 0.717) is 31.6 Å². The summed E-state index contributed by atoms with van der Waals surface area (Å²) in [6.45, 7) is 14.1. The molecule has 3 unspecified atom stereocenters. The molecule has 3 N–H and O–H groups in total. The summed E-state index contributed by atoms with van der Waals surface area (Å²) in [6.07, 6.45) is 48.9. The normalized spacial score (nSPS) is 14.2. The minimum Gasteiger partial charge on any atom is -0.462 e. The lowest BCUT2D eigenvalue weighted by Gasteiger charge is -2.21. The van der Waals surface area contributed by atoms with E-state index in [9.17, 15) is 43.2 Å². The highest BCUT2D eigenvalue weighted by Gasteiger charge is 2.30. The standard InChI is InChI=1S/C75H146O17P2/c1-65(2)51-43-35-27-20-17-15-13-11-9-10-12-14-16-18-22-31-39-47-55-72(77)85-61-70(91-74(79)57-49-41-33-23-19-21-28-36-44-52-66(3)4)63-89-93(81,82)87-59-69(76)60-88-94(83,84)90-64-71(92-75(80)58-50-42-34-26-30-38-46-54-68(7)8)62-86-73(78)56-48-40-32-25-24-29-37-45-53-67(5)6/h65-71,76H,9-64H2,1-8H3,(H,81,82)(H,83,84)/t69?,70-,71-/m1/s1. The van der Waals surface area contributed by atoms with Gasteiger partial charge in [0.2, 0.25) is 0 Å². The number of aliphatic hydroxyl groups excluding tert-OH is 1. The highest BCUT2D eigenvalue weighted by molar-refractivity contribution is 7.47. The van der Waals surface area contributed by atoms with Crippen molar-refractivity contribution < 1.29 is 80.2 Å². The van der Waals surface area contributed by atoms with Gasteiger partial charge in [0.05, 0.1) is 26.4 Å². The molecule has 0 aromatic heterocycles. The number of carbonyl (C=O) groups excluding carboxylic acids is 4. The Bertz CT molecular complexity index is 1850. The van der Waals surface area contributed by atoms with Crippen LogP contribution in [0.4, 0.5) is 0 Å². The second-order valence-electron chi connectivity index (χ2n) is 28.9. The van der Waals surface area contributed by atoms with Crippen molar-refractivity contribution in [2.45, 2.75) is 395 Å². The van der Waals surface area contributed by atoms with Gasteiger partial charge in [-0.25, -0.2) is 9.13 Å². The topological polar surface area (TPSA) is 237 Å². The van der Waals surface area contributed by atoms with E-state index in [-0.39, 0.29) is 25.7 Å². The molecule has 0 rings (SSSR count). The third-order valence-corrected chi connectivity index (χ3v) is 19.2. The van der Waals surface area contributed by atoms with Crippen LogP contribution in [-0.4, -0.2) is 96.7 Å². The van der Waals surface area contributed by atoms with Crippen LogP contribution >= 0.6 is 15.6 Å². The van der Waals surface area contributed by atoms with Crippen LogP contribution in [0.2, 0.25) is 0 Å². The van der Waals surface area contributed by atoms with Crippen molar-refractivity contribution in [1.29, 1.82) is 0 Å². The number of ether oxygens (including phenoxy) is 4. The Balaban J connectivity index is 5.16. The predicted octanol–water partition coefficient (Wildman–Crippen LogP) is 21.7. The molecule has 0 heterocycles. The first-order valence-electron chi connectivity index (χ1n) is 38.7. The zero-order valence-electron chi connectivity index (χ0n) is 61.6. The number of rotatable bonds is 72. The van der Waals surface area contributed by atoms with Gasteiger partial charge in [-0.1, -0.05) is 325 Å². The molecule has 0 saturated heterocycles. The van der Waals surface area contributed by atoms with Gasteiger partial charge in [-0.05, 0) is 49.4 Å². The highest BCUT2D eigenvalue weighted by atomic mass is 31.2. The molecule has 0 aromatic carbocycles. The number of phosphoric acid groups is 2. The fourth-order valence-corrected chi connectivity index (χ4v) is 13.0. The number of esters is 4. The largest absolute Gasteiger partial charge is 0.472 e. The Hall–Kier alpha value is -1.94. The van der Waals surface area contributed by atoms with E-state index in [0.717, 1.165) is 108 Å². The van der Waals surface area contributed by atoms with Gasteiger partial charge in [-0.15, -0.1) is 0 Å². The van der Waals surface area contributed by atoms with E-state index in [1.54, 1.807) is 0 Å². The van der Waals surface area contributed by atoms with E-state index in [4.69, 9.17) is 37.0 Å². The van der Waals surface area contributed by atoms with Gasteiger partial charge in [-0.2, -0.15) is 0 Å². The van der Waals surface area contributed by atoms with Gasteiger partial charge < -0.3 is 33.8 Å². The van der Waals surface area contributed by atoms with E-state index in [1.165, 1.54) is 180 Å². The first kappa shape index (κ1) is 92.1. The molecule has 0 radical (unpaired) electrons. The number of carbonyl (C=O) groups is 4. The molecule has 0 aliphatic heterocycles. The summed E-state index contributed by atoms with van der Waals surface area (Å²) in [4.78, 5) is 72.7. The fraction of sp³-hybridized carbons (Fsp3) is 0.947.